The molecule has 0 spiro atoms. The molecule has 11 heavy (non-hydrogen) atoms. The summed E-state index contributed by atoms with van der Waals surface area (Å²) in [7, 11) is 0. The number of ether oxygens (including phenoxy) is 1. The molecule has 0 radical (unpaired) electrons. The van der Waals surface area contributed by atoms with Crippen LogP contribution in [0.15, 0.2) is 12.7 Å². The lowest BCUT2D eigenvalue weighted by atomic mass is 10.1. The molecule has 2 unspecified atom stereocenters. The van der Waals surface area contributed by atoms with Gasteiger partial charge in [0, 0.05) is 6.54 Å². The normalized spacial score (nSPS) is 23.9. The van der Waals surface area contributed by atoms with Gasteiger partial charge >= 0.3 is 5.97 Å². The molecule has 0 aromatic carbocycles. The maximum absolute atomic E-state index is 11.1. The van der Waals surface area contributed by atoms with Crippen LogP contribution in [0.5, 0.6) is 0 Å². The Balaban J connectivity index is 2.20. The maximum Gasteiger partial charge on any atom is 0.310 e. The molecule has 1 saturated heterocycles. The highest BCUT2D eigenvalue weighted by atomic mass is 16.6. The lowest BCUT2D eigenvalue weighted by Gasteiger charge is -2.06. The zero-order chi connectivity index (χ0) is 8.27. The summed E-state index contributed by atoms with van der Waals surface area (Å²) in [5, 5.41) is 2.89. The molecule has 3 heteroatoms. The van der Waals surface area contributed by atoms with Gasteiger partial charge in [0.2, 0.25) is 0 Å². The molecule has 1 fully saturated rings. The quantitative estimate of drug-likeness (QED) is 0.369. The topological polar surface area (TPSA) is 48.2 Å². The van der Waals surface area contributed by atoms with Crippen molar-refractivity contribution >= 4 is 5.97 Å². The van der Waals surface area contributed by atoms with Crippen LogP contribution >= 0.6 is 0 Å². The number of carbonyl (C=O) groups excluding carboxylic acids is 1. The van der Waals surface area contributed by atoms with E-state index in [2.05, 4.69) is 11.9 Å². The highest BCUT2D eigenvalue weighted by Gasteiger charge is 2.26. The highest BCUT2D eigenvalue weighted by Crippen LogP contribution is 2.08. The molecule has 0 saturated carbocycles. The smallest absolute Gasteiger partial charge is 0.310 e. The first-order chi connectivity index (χ1) is 5.24. The first-order valence-electron chi connectivity index (χ1n) is 3.79. The molecule has 0 bridgehead atoms. The molecule has 2 atom stereocenters. The van der Waals surface area contributed by atoms with Crippen LogP contribution in [0.2, 0.25) is 0 Å². The van der Waals surface area contributed by atoms with Crippen molar-refractivity contribution in [3.05, 3.63) is 12.7 Å². The van der Waals surface area contributed by atoms with Crippen LogP contribution < -0.4 is 5.32 Å². The van der Waals surface area contributed by atoms with E-state index in [9.17, 15) is 4.79 Å². The minimum atomic E-state index is -0.139. The summed E-state index contributed by atoms with van der Waals surface area (Å²) in [6.07, 6.45) is 2.40. The fourth-order valence-corrected chi connectivity index (χ4v) is 0.734. The second kappa shape index (κ2) is 3.53. The van der Waals surface area contributed by atoms with Crippen molar-refractivity contribution in [1.82, 2.24) is 5.32 Å². The van der Waals surface area contributed by atoms with Crippen LogP contribution in [0.1, 0.15) is 13.3 Å². The molecule has 1 aliphatic heterocycles. The van der Waals surface area contributed by atoms with E-state index >= 15 is 0 Å². The molecule has 1 heterocycles. The van der Waals surface area contributed by atoms with Gasteiger partial charge in [-0.1, -0.05) is 13.0 Å². The SMILES string of the molecule is C=CCC(C)C(=O)OC1CN1. The van der Waals surface area contributed by atoms with Gasteiger partial charge in [-0.2, -0.15) is 0 Å². The van der Waals surface area contributed by atoms with Gasteiger partial charge < -0.3 is 4.74 Å². The Morgan fingerprint density at radius 2 is 2.64 bits per heavy atom. The summed E-state index contributed by atoms with van der Waals surface area (Å²) in [5.74, 6) is -0.199. The molecule has 1 rings (SSSR count). The molecular formula is C8H13NO2. The molecule has 62 valence electrons. The number of hydrogen-bond donors (Lipinski definition) is 1. The van der Waals surface area contributed by atoms with Crippen molar-refractivity contribution in [1.29, 1.82) is 0 Å². The Hall–Kier alpha value is -0.830. The van der Waals surface area contributed by atoms with Crippen LogP contribution in [-0.2, 0) is 9.53 Å². The molecule has 0 aliphatic carbocycles. The highest BCUT2D eigenvalue weighted by molar-refractivity contribution is 5.72. The molecule has 1 aliphatic rings. The van der Waals surface area contributed by atoms with Gasteiger partial charge in [-0.25, -0.2) is 0 Å². The third-order valence-corrected chi connectivity index (χ3v) is 1.55. The summed E-state index contributed by atoms with van der Waals surface area (Å²) < 4.78 is 4.98. The fraction of sp³-hybridized carbons (Fsp3) is 0.625. The predicted molar refractivity (Wildman–Crippen MR) is 41.9 cm³/mol. The standard InChI is InChI=1S/C8H13NO2/c1-3-4-6(2)8(10)11-7-5-9-7/h3,6-7,9H,1,4-5H2,2H3. The van der Waals surface area contributed by atoms with E-state index in [4.69, 9.17) is 4.74 Å². The van der Waals surface area contributed by atoms with Crippen LogP contribution in [0.3, 0.4) is 0 Å². The Kier molecular flexibility index (Phi) is 2.65. The van der Waals surface area contributed by atoms with E-state index in [1.54, 1.807) is 6.08 Å². The number of nitrogens with one attached hydrogen (secondary N) is 1. The van der Waals surface area contributed by atoms with Crippen LogP contribution in [0.4, 0.5) is 0 Å². The first kappa shape index (κ1) is 8.27. The summed E-state index contributed by atoms with van der Waals surface area (Å²) in [5.41, 5.74) is 0. The van der Waals surface area contributed by atoms with Gasteiger partial charge in [0.25, 0.3) is 0 Å². The van der Waals surface area contributed by atoms with E-state index in [0.29, 0.717) is 6.42 Å². The third kappa shape index (κ3) is 2.72. The second-order valence-corrected chi connectivity index (χ2v) is 2.76. The van der Waals surface area contributed by atoms with Gasteiger partial charge in [-0.3, -0.25) is 10.1 Å². The fourth-order valence-electron chi connectivity index (χ4n) is 0.734. The van der Waals surface area contributed by atoms with E-state index < -0.39 is 0 Å². The lowest BCUT2D eigenvalue weighted by Crippen LogP contribution is -2.16. The summed E-state index contributed by atoms with van der Waals surface area (Å²) in [6, 6.07) is 0. The number of carbonyl (C=O) groups is 1. The molecular weight excluding hydrogens is 142 g/mol. The Bertz CT molecular complexity index is 163. The Labute approximate surface area is 66.4 Å². The number of rotatable bonds is 4. The number of esters is 1. The van der Waals surface area contributed by atoms with Gasteiger partial charge in [0.1, 0.15) is 0 Å². The van der Waals surface area contributed by atoms with E-state index in [1.807, 2.05) is 6.92 Å². The second-order valence-electron chi connectivity index (χ2n) is 2.76. The van der Waals surface area contributed by atoms with Gasteiger partial charge in [-0.15, -0.1) is 6.58 Å². The maximum atomic E-state index is 11.1. The minimum Gasteiger partial charge on any atom is -0.445 e. The van der Waals surface area contributed by atoms with Crippen molar-refractivity contribution in [2.45, 2.75) is 19.6 Å². The van der Waals surface area contributed by atoms with Crippen LogP contribution in [0.25, 0.3) is 0 Å². The molecule has 0 aromatic heterocycles. The van der Waals surface area contributed by atoms with E-state index in [0.717, 1.165) is 6.54 Å². The summed E-state index contributed by atoms with van der Waals surface area (Å²) in [4.78, 5) is 11.1. The van der Waals surface area contributed by atoms with Crippen LogP contribution in [0, 0.1) is 5.92 Å². The summed E-state index contributed by atoms with van der Waals surface area (Å²) in [6.45, 7) is 6.19. The average molecular weight is 155 g/mol. The van der Waals surface area contributed by atoms with Crippen LogP contribution in [-0.4, -0.2) is 18.7 Å². The zero-order valence-electron chi connectivity index (χ0n) is 6.67. The van der Waals surface area contributed by atoms with E-state index in [1.165, 1.54) is 0 Å². The van der Waals surface area contributed by atoms with Crippen molar-refractivity contribution in [2.75, 3.05) is 6.54 Å². The molecule has 3 nitrogen and oxygen atoms in total. The monoisotopic (exact) mass is 155 g/mol. The van der Waals surface area contributed by atoms with Crippen molar-refractivity contribution in [3.63, 3.8) is 0 Å². The zero-order valence-corrected chi connectivity index (χ0v) is 6.67. The largest absolute Gasteiger partial charge is 0.445 e. The average Bonchev–Trinajstić information content (AvgIpc) is 2.72. The Morgan fingerprint density at radius 1 is 2.00 bits per heavy atom. The predicted octanol–water partition coefficient (Wildman–Crippen LogP) is 0.671. The molecule has 1 N–H and O–H groups in total. The lowest BCUT2D eigenvalue weighted by molar-refractivity contribution is -0.149. The number of allylic oxidation sites excluding steroid dienone is 1. The third-order valence-electron chi connectivity index (χ3n) is 1.55. The number of hydrogen-bond acceptors (Lipinski definition) is 3. The van der Waals surface area contributed by atoms with Crippen molar-refractivity contribution in [3.8, 4) is 0 Å². The van der Waals surface area contributed by atoms with Gasteiger partial charge in [-0.05, 0) is 6.42 Å². The first-order valence-corrected chi connectivity index (χ1v) is 3.79. The van der Waals surface area contributed by atoms with Crippen molar-refractivity contribution in [2.24, 2.45) is 5.92 Å². The minimum absolute atomic E-state index is 0.0187. The summed E-state index contributed by atoms with van der Waals surface area (Å²) >= 11 is 0. The van der Waals surface area contributed by atoms with Crippen molar-refractivity contribution < 1.29 is 9.53 Å². The molecule has 0 aromatic rings. The van der Waals surface area contributed by atoms with Gasteiger partial charge in [0.05, 0.1) is 5.92 Å². The Morgan fingerprint density at radius 3 is 3.09 bits per heavy atom. The molecule has 0 amide bonds. The van der Waals surface area contributed by atoms with E-state index in [-0.39, 0.29) is 18.1 Å². The van der Waals surface area contributed by atoms with Gasteiger partial charge in [0.15, 0.2) is 6.23 Å².